The summed E-state index contributed by atoms with van der Waals surface area (Å²) in [6, 6.07) is 12.9. The van der Waals surface area contributed by atoms with Crippen molar-refractivity contribution < 1.29 is 9.47 Å². The van der Waals surface area contributed by atoms with Crippen molar-refractivity contribution in [3.05, 3.63) is 68.7 Å². The molecule has 0 N–H and O–H groups in total. The Morgan fingerprint density at radius 1 is 0.852 bits per heavy atom. The molecule has 0 aliphatic heterocycles. The van der Waals surface area contributed by atoms with Crippen LogP contribution < -0.4 is 0 Å². The smallest absolute Gasteiger partial charge is 0.0852 e. The van der Waals surface area contributed by atoms with Gasteiger partial charge in [-0.2, -0.15) is 0 Å². The van der Waals surface area contributed by atoms with E-state index in [2.05, 4.69) is 82.1 Å². The van der Waals surface area contributed by atoms with Gasteiger partial charge < -0.3 is 9.47 Å². The topological polar surface area (TPSA) is 18.5 Å². The second-order valence-corrected chi connectivity index (χ2v) is 9.02. The summed E-state index contributed by atoms with van der Waals surface area (Å²) in [5.41, 5.74) is 7.06. The molecule has 146 valence electrons. The van der Waals surface area contributed by atoms with Crippen molar-refractivity contribution in [2.75, 3.05) is 14.2 Å². The number of methoxy groups -OCH3 is 2. The highest BCUT2D eigenvalue weighted by Crippen LogP contribution is 2.41. The molecular weight excluding hydrogens is 468 g/mol. The third-order valence-corrected chi connectivity index (χ3v) is 7.16. The van der Waals surface area contributed by atoms with Crippen molar-refractivity contribution in [2.45, 2.75) is 44.2 Å². The van der Waals surface area contributed by atoms with Crippen molar-refractivity contribution >= 4 is 31.9 Å². The Kier molecular flexibility index (Phi) is 7.18. The number of halogens is 2. The third kappa shape index (κ3) is 4.19. The van der Waals surface area contributed by atoms with Crippen LogP contribution in [0.3, 0.4) is 0 Å². The van der Waals surface area contributed by atoms with Crippen molar-refractivity contribution in [1.29, 1.82) is 0 Å². The zero-order valence-electron chi connectivity index (χ0n) is 16.5. The molecule has 0 saturated carbocycles. The minimum Gasteiger partial charge on any atom is -0.376 e. The summed E-state index contributed by atoms with van der Waals surface area (Å²) in [6.07, 6.45) is 2.85. The van der Waals surface area contributed by atoms with Gasteiger partial charge in [-0.05, 0) is 58.6 Å². The molecule has 27 heavy (non-hydrogen) atoms. The summed E-state index contributed by atoms with van der Waals surface area (Å²) in [5, 5.41) is 0.944. The molecule has 4 rings (SSSR count). The average Bonchev–Trinajstić information content (AvgIpc) is 3.17. The van der Waals surface area contributed by atoms with E-state index < -0.39 is 0 Å². The fourth-order valence-corrected chi connectivity index (χ4v) is 5.61. The number of rotatable bonds is 3. The molecule has 0 spiro atoms. The van der Waals surface area contributed by atoms with Crippen LogP contribution in [0.15, 0.2) is 40.9 Å². The van der Waals surface area contributed by atoms with Gasteiger partial charge in [0.15, 0.2) is 0 Å². The Morgan fingerprint density at radius 3 is 1.93 bits per heavy atom. The highest BCUT2D eigenvalue weighted by molar-refractivity contribution is 9.10. The second-order valence-electron chi connectivity index (χ2n) is 7.60. The van der Waals surface area contributed by atoms with Gasteiger partial charge in [-0.1, -0.05) is 76.0 Å². The Hall–Kier alpha value is -0.680. The Morgan fingerprint density at radius 2 is 1.37 bits per heavy atom. The van der Waals surface area contributed by atoms with Crippen LogP contribution in [0.1, 0.15) is 53.9 Å². The first kappa shape index (κ1) is 21.0. The summed E-state index contributed by atoms with van der Waals surface area (Å²) >= 11 is 7.11. The maximum absolute atomic E-state index is 5.53. The molecule has 0 radical (unpaired) electrons. The fourth-order valence-electron chi connectivity index (χ4n) is 4.54. The largest absolute Gasteiger partial charge is 0.376 e. The van der Waals surface area contributed by atoms with Crippen LogP contribution in [0.2, 0.25) is 0 Å². The minimum atomic E-state index is 0.285. The molecular formula is C23H28Br2O2. The zero-order chi connectivity index (χ0) is 19.6. The number of hydrogen-bond donors (Lipinski definition) is 0. The van der Waals surface area contributed by atoms with E-state index in [1.807, 2.05) is 0 Å². The van der Waals surface area contributed by atoms with E-state index in [-0.39, 0.29) is 6.10 Å². The van der Waals surface area contributed by atoms with E-state index in [1.54, 1.807) is 14.2 Å². The SMILES string of the molecule is COC1c2cccc(Br)c2CC1C.COC1c2cccc(CBr)c2CC1C. The predicted octanol–water partition coefficient (Wildman–Crippen LogP) is 6.79. The van der Waals surface area contributed by atoms with Crippen LogP contribution in [0, 0.1) is 11.8 Å². The molecule has 2 aromatic carbocycles. The van der Waals surface area contributed by atoms with E-state index in [4.69, 9.17) is 9.47 Å². The van der Waals surface area contributed by atoms with Gasteiger partial charge in [0.05, 0.1) is 12.2 Å². The molecule has 2 nitrogen and oxygen atoms in total. The Balaban J connectivity index is 0.000000156. The lowest BCUT2D eigenvalue weighted by Gasteiger charge is -2.14. The standard InChI is InChI=1S/C12H15BrO.C11H13BrO/c1-8-6-11-9(7-13)4-3-5-10(11)12(8)14-2;1-7-6-9-8(11(7)13-2)4-3-5-10(9)12/h3-5,8,12H,6-7H2,1-2H3;3-5,7,11H,6H2,1-2H3. The molecule has 0 aromatic heterocycles. The van der Waals surface area contributed by atoms with Gasteiger partial charge in [-0.25, -0.2) is 0 Å². The number of fused-ring (bicyclic) bond motifs is 2. The van der Waals surface area contributed by atoms with Gasteiger partial charge in [-0.15, -0.1) is 0 Å². The molecule has 4 heteroatoms. The maximum atomic E-state index is 5.53. The summed E-state index contributed by atoms with van der Waals surface area (Å²) in [4.78, 5) is 0. The Bertz CT molecular complexity index is 790. The Labute approximate surface area is 179 Å². The normalized spacial score (nSPS) is 25.6. The highest BCUT2D eigenvalue weighted by atomic mass is 79.9. The summed E-state index contributed by atoms with van der Waals surface area (Å²) in [7, 11) is 3.59. The van der Waals surface area contributed by atoms with E-state index in [9.17, 15) is 0 Å². The van der Waals surface area contributed by atoms with Crippen molar-refractivity contribution in [2.24, 2.45) is 11.8 Å². The van der Waals surface area contributed by atoms with Gasteiger partial charge in [0.1, 0.15) is 0 Å². The molecule has 4 atom stereocenters. The average molecular weight is 496 g/mol. The molecule has 2 aliphatic rings. The van der Waals surface area contributed by atoms with Crippen molar-refractivity contribution in [1.82, 2.24) is 0 Å². The molecule has 2 aromatic rings. The minimum absolute atomic E-state index is 0.285. The van der Waals surface area contributed by atoms with Crippen LogP contribution in [0.5, 0.6) is 0 Å². The molecule has 2 aliphatic carbocycles. The summed E-state index contributed by atoms with van der Waals surface area (Å²) < 4.78 is 12.2. The summed E-state index contributed by atoms with van der Waals surface area (Å²) in [6.45, 7) is 4.49. The maximum Gasteiger partial charge on any atom is 0.0852 e. The van der Waals surface area contributed by atoms with Gasteiger partial charge in [0.25, 0.3) is 0 Å². The molecule has 0 bridgehead atoms. The van der Waals surface area contributed by atoms with Gasteiger partial charge in [-0.3, -0.25) is 0 Å². The van der Waals surface area contributed by atoms with Crippen LogP contribution in [0.4, 0.5) is 0 Å². The van der Waals surface area contributed by atoms with Gasteiger partial charge >= 0.3 is 0 Å². The van der Waals surface area contributed by atoms with Crippen LogP contribution in [-0.4, -0.2) is 14.2 Å². The molecule has 0 heterocycles. The quantitative estimate of drug-likeness (QED) is 0.436. The first-order valence-corrected chi connectivity index (χ1v) is 11.4. The van der Waals surface area contributed by atoms with Gasteiger partial charge in [0, 0.05) is 24.0 Å². The molecule has 0 fully saturated rings. The van der Waals surface area contributed by atoms with Crippen molar-refractivity contribution in [3.63, 3.8) is 0 Å². The predicted molar refractivity (Wildman–Crippen MR) is 118 cm³/mol. The number of alkyl halides is 1. The lowest BCUT2D eigenvalue weighted by molar-refractivity contribution is 0.0695. The van der Waals surface area contributed by atoms with E-state index in [0.29, 0.717) is 17.9 Å². The number of ether oxygens (including phenoxy) is 2. The molecule has 0 amide bonds. The molecule has 0 saturated heterocycles. The van der Waals surface area contributed by atoms with Crippen LogP contribution >= 0.6 is 31.9 Å². The highest BCUT2D eigenvalue weighted by Gasteiger charge is 2.31. The summed E-state index contributed by atoms with van der Waals surface area (Å²) in [5.74, 6) is 1.20. The van der Waals surface area contributed by atoms with Crippen LogP contribution in [0.25, 0.3) is 0 Å². The van der Waals surface area contributed by atoms with E-state index in [0.717, 1.165) is 18.2 Å². The van der Waals surface area contributed by atoms with Crippen molar-refractivity contribution in [3.8, 4) is 0 Å². The first-order chi connectivity index (χ1) is 13.0. The monoisotopic (exact) mass is 494 g/mol. The number of benzene rings is 2. The lowest BCUT2D eigenvalue weighted by atomic mass is 10.0. The molecule has 4 unspecified atom stereocenters. The second kappa shape index (κ2) is 9.21. The fraction of sp³-hybridized carbons (Fsp3) is 0.478. The lowest BCUT2D eigenvalue weighted by Crippen LogP contribution is -2.05. The third-order valence-electron chi connectivity index (χ3n) is 5.82. The van der Waals surface area contributed by atoms with E-state index >= 15 is 0 Å². The number of hydrogen-bond acceptors (Lipinski definition) is 2. The van der Waals surface area contributed by atoms with Gasteiger partial charge in [0.2, 0.25) is 0 Å². The van der Waals surface area contributed by atoms with E-state index in [1.165, 1.54) is 32.3 Å². The first-order valence-electron chi connectivity index (χ1n) is 9.51. The van der Waals surface area contributed by atoms with Crippen LogP contribution in [-0.2, 0) is 27.6 Å². The zero-order valence-corrected chi connectivity index (χ0v) is 19.6.